The molecule has 0 saturated carbocycles. The van der Waals surface area contributed by atoms with Crippen LogP contribution >= 0.6 is 0 Å². The van der Waals surface area contributed by atoms with Crippen molar-refractivity contribution in [2.24, 2.45) is 5.92 Å². The molecule has 6 nitrogen and oxygen atoms in total. The summed E-state index contributed by atoms with van der Waals surface area (Å²) in [6.45, 7) is 5.28. The Kier molecular flexibility index (Phi) is 3.68. The van der Waals surface area contributed by atoms with Crippen molar-refractivity contribution >= 4 is 5.91 Å². The number of nitrogens with zero attached hydrogens (tertiary/aromatic N) is 4. The molecule has 0 bridgehead atoms. The van der Waals surface area contributed by atoms with Gasteiger partial charge in [-0.1, -0.05) is 0 Å². The van der Waals surface area contributed by atoms with Gasteiger partial charge >= 0.3 is 0 Å². The number of hydrogen-bond acceptors (Lipinski definition) is 4. The molecular formula is C15H19N5O. The molecule has 1 aliphatic rings. The van der Waals surface area contributed by atoms with Gasteiger partial charge in [0.2, 0.25) is 5.91 Å². The van der Waals surface area contributed by atoms with Gasteiger partial charge in [-0.15, -0.1) is 0 Å². The molecule has 1 N–H and O–H groups in total. The third kappa shape index (κ3) is 3.09. The number of aromatic nitrogens is 4. The number of aromatic amines is 1. The molecule has 1 amide bonds. The summed E-state index contributed by atoms with van der Waals surface area (Å²) in [7, 11) is 0. The molecule has 21 heavy (non-hydrogen) atoms. The van der Waals surface area contributed by atoms with Crippen molar-refractivity contribution in [1.82, 2.24) is 25.1 Å². The third-order valence-electron chi connectivity index (χ3n) is 3.92. The summed E-state index contributed by atoms with van der Waals surface area (Å²) in [4.78, 5) is 21.9. The van der Waals surface area contributed by atoms with E-state index in [4.69, 9.17) is 0 Å². The lowest BCUT2D eigenvalue weighted by Gasteiger charge is -2.13. The fourth-order valence-electron chi connectivity index (χ4n) is 2.78. The van der Waals surface area contributed by atoms with Crippen LogP contribution in [0.15, 0.2) is 18.5 Å². The number of nitrogens with one attached hydrogen (secondary N) is 1. The van der Waals surface area contributed by atoms with Gasteiger partial charge in [-0.05, 0) is 37.8 Å². The Bertz CT molecular complexity index is 651. The van der Waals surface area contributed by atoms with Crippen LogP contribution in [0.4, 0.5) is 0 Å². The number of amides is 1. The van der Waals surface area contributed by atoms with Gasteiger partial charge in [0.25, 0.3) is 0 Å². The third-order valence-corrected chi connectivity index (χ3v) is 3.92. The van der Waals surface area contributed by atoms with Crippen molar-refractivity contribution in [1.29, 1.82) is 0 Å². The molecule has 1 saturated heterocycles. The van der Waals surface area contributed by atoms with Crippen molar-refractivity contribution in [3.8, 4) is 11.4 Å². The molecule has 110 valence electrons. The fourth-order valence-corrected chi connectivity index (χ4v) is 2.78. The largest absolute Gasteiger partial charge is 0.343 e. The highest BCUT2D eigenvalue weighted by Gasteiger charge is 2.24. The van der Waals surface area contributed by atoms with Crippen molar-refractivity contribution in [2.45, 2.75) is 26.7 Å². The van der Waals surface area contributed by atoms with E-state index in [0.29, 0.717) is 5.92 Å². The second-order valence-electron chi connectivity index (χ2n) is 5.65. The van der Waals surface area contributed by atoms with Crippen molar-refractivity contribution < 1.29 is 4.79 Å². The van der Waals surface area contributed by atoms with Gasteiger partial charge in [0, 0.05) is 31.4 Å². The topological polar surface area (TPSA) is 74.8 Å². The molecular weight excluding hydrogens is 266 g/mol. The number of H-pyrrole nitrogens is 1. The van der Waals surface area contributed by atoms with Crippen LogP contribution in [0.2, 0.25) is 0 Å². The average Bonchev–Trinajstić information content (AvgIpc) is 3.08. The van der Waals surface area contributed by atoms with Crippen molar-refractivity contribution in [3.05, 3.63) is 29.8 Å². The quantitative estimate of drug-likeness (QED) is 0.929. The lowest BCUT2D eigenvalue weighted by Crippen LogP contribution is -2.26. The normalized spacial score (nSPS) is 18.2. The van der Waals surface area contributed by atoms with Crippen molar-refractivity contribution in [3.63, 3.8) is 0 Å². The number of likely N-dealkylation sites (tertiary alicyclic amines) is 1. The second-order valence-corrected chi connectivity index (χ2v) is 5.65. The van der Waals surface area contributed by atoms with Crippen molar-refractivity contribution in [2.75, 3.05) is 13.1 Å². The Labute approximate surface area is 123 Å². The maximum atomic E-state index is 11.4. The average molecular weight is 285 g/mol. The van der Waals surface area contributed by atoms with Gasteiger partial charge in [0.1, 0.15) is 12.0 Å². The first kappa shape index (κ1) is 13.7. The molecule has 0 unspecified atom stereocenters. The maximum Gasteiger partial charge on any atom is 0.219 e. The molecule has 0 aliphatic carbocycles. The van der Waals surface area contributed by atoms with E-state index in [9.17, 15) is 4.79 Å². The first-order valence-corrected chi connectivity index (χ1v) is 7.20. The van der Waals surface area contributed by atoms with Crippen LogP contribution in [0.25, 0.3) is 11.4 Å². The Balaban J connectivity index is 1.71. The minimum Gasteiger partial charge on any atom is -0.343 e. The molecule has 2 aromatic rings. The fraction of sp³-hybridized carbons (Fsp3) is 0.467. The Morgan fingerprint density at radius 1 is 1.38 bits per heavy atom. The van der Waals surface area contributed by atoms with E-state index >= 15 is 0 Å². The molecule has 1 atom stereocenters. The summed E-state index contributed by atoms with van der Waals surface area (Å²) < 4.78 is 0. The van der Waals surface area contributed by atoms with Crippen LogP contribution in [0.5, 0.6) is 0 Å². The minimum atomic E-state index is 0.160. The molecule has 3 rings (SSSR count). The van der Waals surface area contributed by atoms with E-state index in [-0.39, 0.29) is 5.91 Å². The summed E-state index contributed by atoms with van der Waals surface area (Å²) in [5.74, 6) is 0.644. The van der Waals surface area contributed by atoms with Gasteiger partial charge in [-0.2, -0.15) is 5.10 Å². The predicted molar refractivity (Wildman–Crippen MR) is 78.4 cm³/mol. The SMILES string of the molecule is CC(=O)N1CC[C@@H](Cc2cc(-c3cc(C)[nH]n3)ncn2)C1. The Morgan fingerprint density at radius 3 is 2.90 bits per heavy atom. The van der Waals surface area contributed by atoms with Crippen LogP contribution < -0.4 is 0 Å². The first-order chi connectivity index (χ1) is 10.1. The zero-order valence-electron chi connectivity index (χ0n) is 12.3. The highest BCUT2D eigenvalue weighted by molar-refractivity contribution is 5.73. The van der Waals surface area contributed by atoms with Crippen LogP contribution in [0.3, 0.4) is 0 Å². The summed E-state index contributed by atoms with van der Waals surface area (Å²) in [5, 5.41) is 7.15. The summed E-state index contributed by atoms with van der Waals surface area (Å²) in [5.41, 5.74) is 3.70. The number of hydrogen-bond donors (Lipinski definition) is 1. The minimum absolute atomic E-state index is 0.160. The summed E-state index contributed by atoms with van der Waals surface area (Å²) in [6, 6.07) is 3.96. The highest BCUT2D eigenvalue weighted by atomic mass is 16.2. The standard InChI is InChI=1S/C15H19N5O/c1-10-5-15(19-18-10)14-7-13(16-9-17-14)6-12-3-4-20(8-12)11(2)21/h5,7,9,12H,3-4,6,8H2,1-2H3,(H,18,19)/t12-/m0/s1. The van der Waals surface area contributed by atoms with Gasteiger partial charge in [-0.3, -0.25) is 9.89 Å². The second kappa shape index (κ2) is 5.63. The van der Waals surface area contributed by atoms with Crippen LogP contribution in [-0.4, -0.2) is 44.1 Å². The number of aryl methyl sites for hydroxylation is 1. The van der Waals surface area contributed by atoms with E-state index in [1.807, 2.05) is 24.0 Å². The zero-order chi connectivity index (χ0) is 14.8. The van der Waals surface area contributed by atoms with Crippen LogP contribution in [0.1, 0.15) is 24.7 Å². The highest BCUT2D eigenvalue weighted by Crippen LogP contribution is 2.22. The first-order valence-electron chi connectivity index (χ1n) is 7.20. The predicted octanol–water partition coefficient (Wildman–Crippen LogP) is 1.59. The smallest absolute Gasteiger partial charge is 0.219 e. The summed E-state index contributed by atoms with van der Waals surface area (Å²) in [6.07, 6.45) is 3.51. The van der Waals surface area contributed by atoms with E-state index in [1.165, 1.54) is 0 Å². The van der Waals surface area contributed by atoms with E-state index < -0.39 is 0 Å². The Morgan fingerprint density at radius 2 is 2.24 bits per heavy atom. The van der Waals surface area contributed by atoms with E-state index in [0.717, 1.165) is 48.7 Å². The van der Waals surface area contributed by atoms with E-state index in [2.05, 4.69) is 20.2 Å². The molecule has 0 spiro atoms. The molecule has 6 heteroatoms. The monoisotopic (exact) mass is 285 g/mol. The zero-order valence-corrected chi connectivity index (χ0v) is 12.3. The van der Waals surface area contributed by atoms with Gasteiger partial charge in [0.05, 0.1) is 5.69 Å². The van der Waals surface area contributed by atoms with Crippen LogP contribution in [0, 0.1) is 12.8 Å². The molecule has 1 fully saturated rings. The van der Waals surface area contributed by atoms with Crippen LogP contribution in [-0.2, 0) is 11.2 Å². The molecule has 3 heterocycles. The lowest BCUT2D eigenvalue weighted by molar-refractivity contribution is -0.127. The molecule has 2 aromatic heterocycles. The number of carbonyl (C=O) groups is 1. The lowest BCUT2D eigenvalue weighted by atomic mass is 10.0. The molecule has 0 radical (unpaired) electrons. The number of rotatable bonds is 3. The van der Waals surface area contributed by atoms with E-state index in [1.54, 1.807) is 13.3 Å². The Hall–Kier alpha value is -2.24. The summed E-state index contributed by atoms with van der Waals surface area (Å²) >= 11 is 0. The van der Waals surface area contributed by atoms with Gasteiger partial charge in [0.15, 0.2) is 0 Å². The maximum absolute atomic E-state index is 11.4. The van der Waals surface area contributed by atoms with Gasteiger partial charge < -0.3 is 4.90 Å². The molecule has 1 aliphatic heterocycles. The number of carbonyl (C=O) groups excluding carboxylic acids is 1. The van der Waals surface area contributed by atoms with Gasteiger partial charge in [-0.25, -0.2) is 9.97 Å². The molecule has 0 aromatic carbocycles.